The molecule has 0 aliphatic heterocycles. The molecule has 5 heteroatoms. The van der Waals surface area contributed by atoms with Crippen molar-refractivity contribution in [3.8, 4) is 0 Å². The summed E-state index contributed by atoms with van der Waals surface area (Å²) < 4.78 is 10.5. The van der Waals surface area contributed by atoms with Gasteiger partial charge in [-0.1, -0.05) is 26.0 Å². The molecule has 1 aromatic carbocycles. The highest BCUT2D eigenvalue weighted by Gasteiger charge is 2.13. The van der Waals surface area contributed by atoms with E-state index in [1.807, 2.05) is 29.2 Å². The summed E-state index contributed by atoms with van der Waals surface area (Å²) >= 11 is 0. The van der Waals surface area contributed by atoms with Gasteiger partial charge in [0.2, 0.25) is 5.91 Å². The molecule has 2 rings (SSSR count). The van der Waals surface area contributed by atoms with Crippen LogP contribution in [0.1, 0.15) is 37.5 Å². The van der Waals surface area contributed by atoms with E-state index in [1.54, 1.807) is 13.4 Å². The fourth-order valence-corrected chi connectivity index (χ4v) is 2.59. The molecular formula is C20H28N2O3. The summed E-state index contributed by atoms with van der Waals surface area (Å²) in [7, 11) is 1.66. The van der Waals surface area contributed by atoms with Gasteiger partial charge in [0.1, 0.15) is 5.76 Å². The first-order valence-corrected chi connectivity index (χ1v) is 8.75. The Hall–Kier alpha value is -2.11. The number of carbonyl (C=O) groups excluding carboxylic acids is 1. The Labute approximate surface area is 150 Å². The van der Waals surface area contributed by atoms with Gasteiger partial charge in [-0.25, -0.2) is 0 Å². The molecule has 5 nitrogen and oxygen atoms in total. The SMILES string of the molecule is CCC(C)c1ccc(NC(=O)CN(CCOC)Cc2ccco2)cc1. The molecule has 0 fully saturated rings. The molecule has 2 aromatic rings. The van der Waals surface area contributed by atoms with Crippen LogP contribution in [0.2, 0.25) is 0 Å². The topological polar surface area (TPSA) is 54.7 Å². The zero-order chi connectivity index (χ0) is 18.1. The number of nitrogens with one attached hydrogen (secondary N) is 1. The first-order chi connectivity index (χ1) is 12.1. The lowest BCUT2D eigenvalue weighted by molar-refractivity contribution is -0.117. The maximum absolute atomic E-state index is 12.4. The number of amides is 1. The largest absolute Gasteiger partial charge is 0.468 e. The Balaban J connectivity index is 1.91. The normalized spacial score (nSPS) is 12.3. The van der Waals surface area contributed by atoms with E-state index in [-0.39, 0.29) is 12.5 Å². The average molecular weight is 344 g/mol. The number of furan rings is 1. The van der Waals surface area contributed by atoms with Gasteiger partial charge in [0.25, 0.3) is 0 Å². The molecule has 1 atom stereocenters. The summed E-state index contributed by atoms with van der Waals surface area (Å²) in [6.07, 6.45) is 2.75. The molecule has 1 heterocycles. The third kappa shape index (κ3) is 6.36. The minimum Gasteiger partial charge on any atom is -0.468 e. The van der Waals surface area contributed by atoms with E-state index in [1.165, 1.54) is 5.56 Å². The zero-order valence-corrected chi connectivity index (χ0v) is 15.3. The van der Waals surface area contributed by atoms with Crippen LogP contribution in [-0.4, -0.2) is 37.6 Å². The van der Waals surface area contributed by atoms with Crippen molar-refractivity contribution in [2.75, 3.05) is 32.1 Å². The predicted octanol–water partition coefficient (Wildman–Crippen LogP) is 3.88. The molecule has 1 N–H and O–H groups in total. The predicted molar refractivity (Wildman–Crippen MR) is 99.6 cm³/mol. The average Bonchev–Trinajstić information content (AvgIpc) is 3.12. The van der Waals surface area contributed by atoms with E-state index < -0.39 is 0 Å². The molecular weight excluding hydrogens is 316 g/mol. The van der Waals surface area contributed by atoms with Gasteiger partial charge < -0.3 is 14.5 Å². The minimum atomic E-state index is -0.0426. The highest BCUT2D eigenvalue weighted by molar-refractivity contribution is 5.92. The summed E-state index contributed by atoms with van der Waals surface area (Å²) in [5.41, 5.74) is 2.11. The highest BCUT2D eigenvalue weighted by Crippen LogP contribution is 2.20. The van der Waals surface area contributed by atoms with Crippen LogP contribution in [0, 0.1) is 0 Å². The lowest BCUT2D eigenvalue weighted by atomic mass is 9.99. The molecule has 0 radical (unpaired) electrons. The standard InChI is InChI=1S/C20H28N2O3/c1-4-16(2)17-7-9-18(10-8-17)21-20(23)15-22(11-13-24-3)14-19-6-5-12-25-19/h5-10,12,16H,4,11,13-15H2,1-3H3,(H,21,23). The fourth-order valence-electron chi connectivity index (χ4n) is 2.59. The number of hydrogen-bond acceptors (Lipinski definition) is 4. The van der Waals surface area contributed by atoms with Crippen LogP contribution >= 0.6 is 0 Å². The molecule has 25 heavy (non-hydrogen) atoms. The highest BCUT2D eigenvalue weighted by atomic mass is 16.5. The summed E-state index contributed by atoms with van der Waals surface area (Å²) in [4.78, 5) is 14.4. The Bertz CT molecular complexity index is 623. The van der Waals surface area contributed by atoms with E-state index in [4.69, 9.17) is 9.15 Å². The van der Waals surface area contributed by atoms with Crippen LogP contribution in [0.25, 0.3) is 0 Å². The van der Waals surface area contributed by atoms with Crippen molar-refractivity contribution in [3.63, 3.8) is 0 Å². The Morgan fingerprint density at radius 1 is 1.28 bits per heavy atom. The van der Waals surface area contributed by atoms with E-state index in [0.717, 1.165) is 17.9 Å². The van der Waals surface area contributed by atoms with Crippen molar-refractivity contribution in [1.82, 2.24) is 4.90 Å². The third-order valence-corrected chi connectivity index (χ3v) is 4.31. The quantitative estimate of drug-likeness (QED) is 0.711. The first kappa shape index (κ1) is 19.2. The molecule has 0 aliphatic rings. The van der Waals surface area contributed by atoms with Gasteiger partial charge in [0.05, 0.1) is 26.0 Å². The van der Waals surface area contributed by atoms with Crippen LogP contribution in [0.4, 0.5) is 5.69 Å². The summed E-state index contributed by atoms with van der Waals surface area (Å²) in [5, 5.41) is 2.96. The molecule has 1 amide bonds. The summed E-state index contributed by atoms with van der Waals surface area (Å²) in [6.45, 7) is 6.48. The number of ether oxygens (including phenoxy) is 1. The van der Waals surface area contributed by atoms with E-state index in [0.29, 0.717) is 25.6 Å². The minimum absolute atomic E-state index is 0.0426. The molecule has 136 valence electrons. The van der Waals surface area contributed by atoms with Crippen LogP contribution in [-0.2, 0) is 16.1 Å². The van der Waals surface area contributed by atoms with Crippen LogP contribution in [0.5, 0.6) is 0 Å². The maximum atomic E-state index is 12.4. The molecule has 0 saturated carbocycles. The summed E-state index contributed by atoms with van der Waals surface area (Å²) in [5.74, 6) is 1.32. The number of methoxy groups -OCH3 is 1. The second-order valence-corrected chi connectivity index (χ2v) is 6.26. The number of hydrogen-bond donors (Lipinski definition) is 1. The van der Waals surface area contributed by atoms with Gasteiger partial charge in [-0.2, -0.15) is 0 Å². The number of benzene rings is 1. The van der Waals surface area contributed by atoms with Gasteiger partial charge in [-0.05, 0) is 42.2 Å². The lowest BCUT2D eigenvalue weighted by Gasteiger charge is -2.20. The third-order valence-electron chi connectivity index (χ3n) is 4.31. The van der Waals surface area contributed by atoms with Crippen molar-refractivity contribution in [1.29, 1.82) is 0 Å². The van der Waals surface area contributed by atoms with Crippen molar-refractivity contribution in [2.24, 2.45) is 0 Å². The number of carbonyl (C=O) groups is 1. The van der Waals surface area contributed by atoms with Gasteiger partial charge in [0, 0.05) is 19.3 Å². The monoisotopic (exact) mass is 344 g/mol. The molecule has 1 unspecified atom stereocenters. The van der Waals surface area contributed by atoms with Crippen molar-refractivity contribution in [3.05, 3.63) is 54.0 Å². The van der Waals surface area contributed by atoms with Crippen LogP contribution in [0.15, 0.2) is 47.1 Å². The fraction of sp³-hybridized carbons (Fsp3) is 0.450. The number of anilines is 1. The van der Waals surface area contributed by atoms with Crippen LogP contribution < -0.4 is 5.32 Å². The second-order valence-electron chi connectivity index (χ2n) is 6.26. The van der Waals surface area contributed by atoms with Gasteiger partial charge in [-0.3, -0.25) is 9.69 Å². The van der Waals surface area contributed by atoms with Crippen molar-refractivity contribution in [2.45, 2.75) is 32.7 Å². The zero-order valence-electron chi connectivity index (χ0n) is 15.3. The molecule has 1 aromatic heterocycles. The second kappa shape index (κ2) is 10.0. The van der Waals surface area contributed by atoms with Gasteiger partial charge in [0.15, 0.2) is 0 Å². The smallest absolute Gasteiger partial charge is 0.238 e. The molecule has 0 bridgehead atoms. The van der Waals surface area contributed by atoms with E-state index in [2.05, 4.69) is 31.3 Å². The van der Waals surface area contributed by atoms with Gasteiger partial charge >= 0.3 is 0 Å². The Morgan fingerprint density at radius 3 is 2.64 bits per heavy atom. The summed E-state index contributed by atoms with van der Waals surface area (Å²) in [6, 6.07) is 11.8. The molecule has 0 aliphatic carbocycles. The number of nitrogens with zero attached hydrogens (tertiary/aromatic N) is 1. The first-order valence-electron chi connectivity index (χ1n) is 8.75. The van der Waals surface area contributed by atoms with E-state index in [9.17, 15) is 4.79 Å². The van der Waals surface area contributed by atoms with Crippen molar-refractivity contribution >= 4 is 11.6 Å². The Kier molecular flexibility index (Phi) is 7.70. The van der Waals surface area contributed by atoms with Gasteiger partial charge in [-0.15, -0.1) is 0 Å². The Morgan fingerprint density at radius 2 is 2.04 bits per heavy atom. The van der Waals surface area contributed by atoms with Crippen LogP contribution in [0.3, 0.4) is 0 Å². The molecule has 0 spiro atoms. The molecule has 0 saturated heterocycles. The van der Waals surface area contributed by atoms with Crippen molar-refractivity contribution < 1.29 is 13.9 Å². The maximum Gasteiger partial charge on any atom is 0.238 e. The van der Waals surface area contributed by atoms with E-state index >= 15 is 0 Å². The lowest BCUT2D eigenvalue weighted by Crippen LogP contribution is -2.35. The number of rotatable bonds is 10.